The molecule has 78 valence electrons. The lowest BCUT2D eigenvalue weighted by atomic mass is 9.74. The topological polar surface area (TPSA) is 69.9 Å². The molecule has 1 aliphatic rings. The highest BCUT2D eigenvalue weighted by Crippen LogP contribution is 2.37. The van der Waals surface area contributed by atoms with Crippen LogP contribution >= 0.6 is 0 Å². The van der Waals surface area contributed by atoms with Crippen molar-refractivity contribution in [3.05, 3.63) is 0 Å². The van der Waals surface area contributed by atoms with Crippen LogP contribution in [0.3, 0.4) is 0 Å². The molecule has 0 aliphatic carbocycles. The van der Waals surface area contributed by atoms with E-state index >= 15 is 0 Å². The van der Waals surface area contributed by atoms with Crippen molar-refractivity contribution < 1.29 is 20.1 Å². The Morgan fingerprint density at radius 1 is 1.15 bits per heavy atom. The molecule has 0 spiro atoms. The summed E-state index contributed by atoms with van der Waals surface area (Å²) in [4.78, 5) is 0. The summed E-state index contributed by atoms with van der Waals surface area (Å²) in [6.07, 6.45) is -2.79. The summed E-state index contributed by atoms with van der Waals surface area (Å²) < 4.78 is 4.68. The Balaban J connectivity index is 2.72. The molecule has 4 heteroatoms. The van der Waals surface area contributed by atoms with Gasteiger partial charge in [0.2, 0.25) is 0 Å². The molecule has 1 aliphatic heterocycles. The van der Waals surface area contributed by atoms with Gasteiger partial charge in [-0.1, -0.05) is 20.8 Å². The molecule has 3 N–H and O–H groups in total. The van der Waals surface area contributed by atoms with Gasteiger partial charge < -0.3 is 20.1 Å². The largest absolute Gasteiger partial charge is 0.388 e. The number of hydrogen-bond donors (Lipinski definition) is 3. The number of aliphatic hydroxyl groups is 3. The van der Waals surface area contributed by atoms with Crippen LogP contribution in [0.4, 0.5) is 0 Å². The molecular formula is C9H18O4. The second-order valence-corrected chi connectivity index (χ2v) is 4.68. The fourth-order valence-corrected chi connectivity index (χ4v) is 1.72. The molecule has 0 aromatic rings. The predicted octanol–water partition coefficient (Wildman–Crippen LogP) is 0.0667. The minimum absolute atomic E-state index is 0.147. The maximum Gasteiger partial charge on any atom is 0.184 e. The SMILES string of the molecule is CC(C)(C)C1C[C@@H](O)O[C@H](O)[C@H]1O. The van der Waals surface area contributed by atoms with Crippen molar-refractivity contribution in [2.24, 2.45) is 11.3 Å². The van der Waals surface area contributed by atoms with Crippen LogP contribution in [0.1, 0.15) is 27.2 Å². The Hall–Kier alpha value is -0.160. The second kappa shape index (κ2) is 3.53. The van der Waals surface area contributed by atoms with E-state index in [0.29, 0.717) is 6.42 Å². The zero-order valence-electron chi connectivity index (χ0n) is 8.27. The van der Waals surface area contributed by atoms with Crippen LogP contribution in [0.25, 0.3) is 0 Å². The van der Waals surface area contributed by atoms with Crippen molar-refractivity contribution in [1.29, 1.82) is 0 Å². The van der Waals surface area contributed by atoms with Crippen LogP contribution in [0.5, 0.6) is 0 Å². The maximum atomic E-state index is 9.60. The Labute approximate surface area is 78.1 Å². The third kappa shape index (κ3) is 2.40. The molecule has 1 unspecified atom stereocenters. The standard InChI is InChI=1S/C9H18O4/c1-9(2,3)5-4-6(10)13-8(12)7(5)11/h5-8,10-12H,4H2,1-3H3/t5?,6-,7-,8-/m0/s1. The van der Waals surface area contributed by atoms with E-state index < -0.39 is 18.7 Å². The fourth-order valence-electron chi connectivity index (χ4n) is 1.72. The molecular weight excluding hydrogens is 172 g/mol. The van der Waals surface area contributed by atoms with Gasteiger partial charge in [0.1, 0.15) is 6.10 Å². The summed E-state index contributed by atoms with van der Waals surface area (Å²) in [7, 11) is 0. The van der Waals surface area contributed by atoms with E-state index in [1.54, 1.807) is 0 Å². The first-order chi connectivity index (χ1) is 5.82. The molecule has 1 saturated heterocycles. The third-order valence-corrected chi connectivity index (χ3v) is 2.57. The fraction of sp³-hybridized carbons (Fsp3) is 1.00. The Morgan fingerprint density at radius 3 is 2.15 bits per heavy atom. The van der Waals surface area contributed by atoms with Gasteiger partial charge in [0.05, 0.1) is 0 Å². The van der Waals surface area contributed by atoms with Crippen LogP contribution in [-0.4, -0.2) is 34.0 Å². The number of ether oxygens (including phenoxy) is 1. The first kappa shape index (κ1) is 10.9. The normalized spacial score (nSPS) is 42.0. The van der Waals surface area contributed by atoms with E-state index in [9.17, 15) is 15.3 Å². The molecule has 4 nitrogen and oxygen atoms in total. The highest BCUT2D eigenvalue weighted by molar-refractivity contribution is 4.85. The summed E-state index contributed by atoms with van der Waals surface area (Å²) in [6.45, 7) is 5.89. The third-order valence-electron chi connectivity index (χ3n) is 2.57. The quantitative estimate of drug-likeness (QED) is 0.505. The van der Waals surface area contributed by atoms with Gasteiger partial charge in [-0.25, -0.2) is 0 Å². The van der Waals surface area contributed by atoms with Gasteiger partial charge in [-0.05, 0) is 11.3 Å². The average molecular weight is 190 g/mol. The van der Waals surface area contributed by atoms with E-state index in [2.05, 4.69) is 4.74 Å². The molecule has 13 heavy (non-hydrogen) atoms. The summed E-state index contributed by atoms with van der Waals surface area (Å²) in [5, 5.41) is 28.1. The van der Waals surface area contributed by atoms with Crippen molar-refractivity contribution in [2.75, 3.05) is 0 Å². The van der Waals surface area contributed by atoms with Crippen LogP contribution in [0.15, 0.2) is 0 Å². The van der Waals surface area contributed by atoms with Crippen molar-refractivity contribution in [2.45, 2.75) is 45.9 Å². The maximum absolute atomic E-state index is 9.60. The Kier molecular flexibility index (Phi) is 2.97. The molecule has 0 bridgehead atoms. The van der Waals surface area contributed by atoms with Gasteiger partial charge in [-0.2, -0.15) is 0 Å². The van der Waals surface area contributed by atoms with Crippen LogP contribution in [0.2, 0.25) is 0 Å². The van der Waals surface area contributed by atoms with Gasteiger partial charge in [-0.3, -0.25) is 0 Å². The lowest BCUT2D eigenvalue weighted by molar-refractivity contribution is -0.293. The Morgan fingerprint density at radius 2 is 1.69 bits per heavy atom. The minimum atomic E-state index is -1.27. The summed E-state index contributed by atoms with van der Waals surface area (Å²) in [6, 6.07) is 0. The first-order valence-electron chi connectivity index (χ1n) is 4.52. The summed E-state index contributed by atoms with van der Waals surface area (Å²) in [5.74, 6) is -0.147. The number of rotatable bonds is 0. The van der Waals surface area contributed by atoms with E-state index in [4.69, 9.17) is 0 Å². The molecule has 0 amide bonds. The van der Waals surface area contributed by atoms with Crippen LogP contribution < -0.4 is 0 Å². The molecule has 1 rings (SSSR count). The van der Waals surface area contributed by atoms with Gasteiger partial charge in [0.15, 0.2) is 12.6 Å². The monoisotopic (exact) mass is 190 g/mol. The minimum Gasteiger partial charge on any atom is -0.388 e. The van der Waals surface area contributed by atoms with Gasteiger partial charge in [-0.15, -0.1) is 0 Å². The highest BCUT2D eigenvalue weighted by atomic mass is 16.7. The van der Waals surface area contributed by atoms with Crippen molar-refractivity contribution in [3.63, 3.8) is 0 Å². The molecule has 1 heterocycles. The smallest absolute Gasteiger partial charge is 0.184 e. The average Bonchev–Trinajstić information content (AvgIpc) is 1.94. The molecule has 1 fully saturated rings. The second-order valence-electron chi connectivity index (χ2n) is 4.68. The number of aliphatic hydroxyl groups excluding tert-OH is 3. The lowest BCUT2D eigenvalue weighted by Gasteiger charge is -2.41. The van der Waals surface area contributed by atoms with E-state index in [1.807, 2.05) is 20.8 Å². The Bertz CT molecular complexity index is 175. The molecule has 0 aromatic heterocycles. The highest BCUT2D eigenvalue weighted by Gasteiger charge is 2.41. The van der Waals surface area contributed by atoms with Crippen molar-refractivity contribution in [3.8, 4) is 0 Å². The van der Waals surface area contributed by atoms with Crippen molar-refractivity contribution in [1.82, 2.24) is 0 Å². The molecule has 0 radical (unpaired) electrons. The first-order valence-corrected chi connectivity index (χ1v) is 4.52. The lowest BCUT2D eigenvalue weighted by Crippen LogP contribution is -2.49. The summed E-state index contributed by atoms with van der Waals surface area (Å²) in [5.41, 5.74) is -0.148. The van der Waals surface area contributed by atoms with Crippen LogP contribution in [0, 0.1) is 11.3 Å². The van der Waals surface area contributed by atoms with Gasteiger partial charge >= 0.3 is 0 Å². The van der Waals surface area contributed by atoms with E-state index in [0.717, 1.165) is 0 Å². The molecule has 0 saturated carbocycles. The number of hydrogen-bond acceptors (Lipinski definition) is 4. The summed E-state index contributed by atoms with van der Waals surface area (Å²) >= 11 is 0. The van der Waals surface area contributed by atoms with E-state index in [1.165, 1.54) is 0 Å². The predicted molar refractivity (Wildman–Crippen MR) is 46.7 cm³/mol. The molecule has 0 aromatic carbocycles. The zero-order valence-corrected chi connectivity index (χ0v) is 8.27. The van der Waals surface area contributed by atoms with Gasteiger partial charge in [0, 0.05) is 6.42 Å². The van der Waals surface area contributed by atoms with E-state index in [-0.39, 0.29) is 11.3 Å². The zero-order chi connectivity index (χ0) is 10.2. The molecule has 4 atom stereocenters. The van der Waals surface area contributed by atoms with Gasteiger partial charge in [0.25, 0.3) is 0 Å². The van der Waals surface area contributed by atoms with Crippen LogP contribution in [-0.2, 0) is 4.74 Å². The van der Waals surface area contributed by atoms with Crippen molar-refractivity contribution >= 4 is 0 Å².